The van der Waals surface area contributed by atoms with Gasteiger partial charge in [-0.2, -0.15) is 5.26 Å². The second-order valence-electron chi connectivity index (χ2n) is 2.75. The highest BCUT2D eigenvalue weighted by Crippen LogP contribution is 2.47. The fourth-order valence-corrected chi connectivity index (χ4v) is 1.92. The summed E-state index contributed by atoms with van der Waals surface area (Å²) in [6.45, 7) is 0. The normalized spacial score (nSPS) is 34.3. The maximum absolute atomic E-state index is 11.2. The number of Topliss-reactive ketones (excluding diaryl/α,β-unsaturated/α-hetero) is 1. The van der Waals surface area contributed by atoms with Crippen LogP contribution in [0.1, 0.15) is 19.3 Å². The Morgan fingerprint density at radius 2 is 2.00 bits per heavy atom. The second kappa shape index (κ2) is 3.06. The molecule has 1 aliphatic carbocycles. The van der Waals surface area contributed by atoms with Gasteiger partial charge in [0.05, 0.1) is 6.07 Å². The van der Waals surface area contributed by atoms with Gasteiger partial charge in [-0.15, -0.1) is 0 Å². The molecular formula is C7H6Cl3NO. The van der Waals surface area contributed by atoms with E-state index >= 15 is 0 Å². The molecule has 0 amide bonds. The van der Waals surface area contributed by atoms with Crippen molar-refractivity contribution in [1.29, 1.82) is 5.26 Å². The molecule has 0 heterocycles. The number of carbonyl (C=O) groups excluding carboxylic acids is 1. The molecule has 1 saturated carbocycles. The zero-order chi connectivity index (χ0) is 9.41. The van der Waals surface area contributed by atoms with Crippen molar-refractivity contribution >= 4 is 40.6 Å². The predicted octanol–water partition coefficient (Wildman–Crippen LogP) is 2.41. The first-order valence-corrected chi connectivity index (χ1v) is 4.59. The van der Waals surface area contributed by atoms with Gasteiger partial charge in [-0.3, -0.25) is 4.79 Å². The van der Waals surface area contributed by atoms with Gasteiger partial charge >= 0.3 is 0 Å². The number of hydrogen-bond acceptors (Lipinski definition) is 2. The van der Waals surface area contributed by atoms with E-state index in [-0.39, 0.29) is 12.2 Å². The van der Waals surface area contributed by atoms with Gasteiger partial charge in [0.1, 0.15) is 0 Å². The van der Waals surface area contributed by atoms with E-state index in [0.29, 0.717) is 12.8 Å². The highest BCUT2D eigenvalue weighted by Gasteiger charge is 2.56. The Bertz CT molecular complexity index is 258. The molecule has 0 bridgehead atoms. The molecule has 0 aromatic heterocycles. The van der Waals surface area contributed by atoms with Crippen molar-refractivity contribution in [2.24, 2.45) is 0 Å². The summed E-state index contributed by atoms with van der Waals surface area (Å²) in [6, 6.07) is 1.67. The molecule has 0 spiro atoms. The number of rotatable bonds is 0. The van der Waals surface area contributed by atoms with E-state index in [1.54, 1.807) is 6.07 Å². The van der Waals surface area contributed by atoms with Gasteiger partial charge in [0.15, 0.2) is 10.1 Å². The van der Waals surface area contributed by atoms with Gasteiger partial charge in [0, 0.05) is 6.42 Å². The van der Waals surface area contributed by atoms with E-state index in [1.165, 1.54) is 0 Å². The number of hydrogen-bond donors (Lipinski definition) is 0. The molecule has 0 aromatic rings. The fourth-order valence-electron chi connectivity index (χ4n) is 1.16. The molecule has 0 N–H and O–H groups in total. The van der Waals surface area contributed by atoms with Crippen molar-refractivity contribution in [2.75, 3.05) is 0 Å². The summed E-state index contributed by atoms with van der Waals surface area (Å²) in [5.74, 6) is -0.386. The Hall–Kier alpha value is 0.0300. The SMILES string of the molecule is N#CC1(Cl)C(=O)CCCC1(Cl)Cl. The highest BCUT2D eigenvalue weighted by molar-refractivity contribution is 6.58. The quantitative estimate of drug-likeness (QED) is 0.595. The first kappa shape index (κ1) is 10.1. The van der Waals surface area contributed by atoms with Crippen LogP contribution in [0.4, 0.5) is 0 Å². The zero-order valence-electron chi connectivity index (χ0n) is 6.11. The summed E-state index contributed by atoms with van der Waals surface area (Å²) in [7, 11) is 0. The first-order valence-electron chi connectivity index (χ1n) is 3.45. The molecule has 66 valence electrons. The summed E-state index contributed by atoms with van der Waals surface area (Å²) >= 11 is 17.3. The number of nitrogens with zero attached hydrogens (tertiary/aromatic N) is 1. The predicted molar refractivity (Wildman–Crippen MR) is 47.5 cm³/mol. The van der Waals surface area contributed by atoms with Gasteiger partial charge in [-0.05, 0) is 12.8 Å². The summed E-state index contributed by atoms with van der Waals surface area (Å²) in [5.41, 5.74) is 0. The lowest BCUT2D eigenvalue weighted by Crippen LogP contribution is -2.50. The second-order valence-corrected chi connectivity index (χ2v) is 4.80. The lowest BCUT2D eigenvalue weighted by atomic mass is 9.87. The van der Waals surface area contributed by atoms with E-state index in [9.17, 15) is 4.79 Å². The van der Waals surface area contributed by atoms with Crippen LogP contribution in [0.3, 0.4) is 0 Å². The minimum atomic E-state index is -1.76. The molecule has 0 aliphatic heterocycles. The number of ketones is 1. The summed E-state index contributed by atoms with van der Waals surface area (Å²) in [6.07, 6.45) is 1.24. The Morgan fingerprint density at radius 3 is 2.33 bits per heavy atom. The van der Waals surface area contributed by atoms with Crippen LogP contribution < -0.4 is 0 Å². The molecular weight excluding hydrogens is 220 g/mol. The molecule has 1 rings (SSSR count). The van der Waals surface area contributed by atoms with E-state index < -0.39 is 9.21 Å². The highest BCUT2D eigenvalue weighted by atomic mass is 35.5. The van der Waals surface area contributed by atoms with Crippen molar-refractivity contribution in [2.45, 2.75) is 28.5 Å². The van der Waals surface area contributed by atoms with Gasteiger partial charge < -0.3 is 0 Å². The average Bonchev–Trinajstić information content (AvgIpc) is 2.00. The van der Waals surface area contributed by atoms with E-state index in [0.717, 1.165) is 0 Å². The zero-order valence-corrected chi connectivity index (χ0v) is 8.38. The van der Waals surface area contributed by atoms with Crippen LogP contribution in [-0.2, 0) is 4.79 Å². The summed E-state index contributed by atoms with van der Waals surface area (Å²) < 4.78 is -1.45. The maximum Gasteiger partial charge on any atom is 0.221 e. The Morgan fingerprint density at radius 1 is 1.42 bits per heavy atom. The van der Waals surface area contributed by atoms with E-state index in [1.807, 2.05) is 0 Å². The van der Waals surface area contributed by atoms with Gasteiger partial charge in [-0.25, -0.2) is 0 Å². The average molecular weight is 226 g/mol. The summed E-state index contributed by atoms with van der Waals surface area (Å²) in [4.78, 5) is 9.48. The van der Waals surface area contributed by atoms with Gasteiger partial charge in [0.25, 0.3) is 0 Å². The molecule has 1 fully saturated rings. The Kier molecular flexibility index (Phi) is 2.58. The lowest BCUT2D eigenvalue weighted by Gasteiger charge is -2.34. The third-order valence-corrected chi connectivity index (χ3v) is 3.69. The van der Waals surface area contributed by atoms with Crippen LogP contribution >= 0.6 is 34.8 Å². The molecule has 0 saturated heterocycles. The molecule has 1 aliphatic rings. The number of alkyl halides is 3. The van der Waals surface area contributed by atoms with Crippen molar-refractivity contribution in [3.63, 3.8) is 0 Å². The molecule has 1 unspecified atom stereocenters. The molecule has 12 heavy (non-hydrogen) atoms. The lowest BCUT2D eigenvalue weighted by molar-refractivity contribution is -0.121. The van der Waals surface area contributed by atoms with Crippen LogP contribution in [0.5, 0.6) is 0 Å². The van der Waals surface area contributed by atoms with Crippen molar-refractivity contribution < 1.29 is 4.79 Å². The van der Waals surface area contributed by atoms with Crippen LogP contribution in [0, 0.1) is 11.3 Å². The van der Waals surface area contributed by atoms with Crippen LogP contribution in [0.25, 0.3) is 0 Å². The van der Waals surface area contributed by atoms with Crippen LogP contribution in [0.15, 0.2) is 0 Å². The summed E-state index contributed by atoms with van der Waals surface area (Å²) in [5, 5.41) is 8.68. The maximum atomic E-state index is 11.2. The number of nitriles is 1. The van der Waals surface area contributed by atoms with Crippen molar-refractivity contribution in [1.82, 2.24) is 0 Å². The minimum absolute atomic E-state index is 0.276. The number of halogens is 3. The monoisotopic (exact) mass is 225 g/mol. The standard InChI is InChI=1S/C7H6Cl3NO/c8-6(4-11)5(12)2-1-3-7(6,9)10/h1-3H2. The molecule has 0 aromatic carbocycles. The van der Waals surface area contributed by atoms with Crippen molar-refractivity contribution in [3.05, 3.63) is 0 Å². The van der Waals surface area contributed by atoms with Crippen molar-refractivity contribution in [3.8, 4) is 6.07 Å². The first-order chi connectivity index (χ1) is 5.44. The number of carbonyl (C=O) groups is 1. The largest absolute Gasteiger partial charge is 0.296 e. The van der Waals surface area contributed by atoms with Crippen LogP contribution in [0.2, 0.25) is 0 Å². The Balaban J connectivity index is 3.06. The third kappa shape index (κ3) is 1.31. The molecule has 5 heteroatoms. The van der Waals surface area contributed by atoms with Gasteiger partial charge in [-0.1, -0.05) is 34.8 Å². The topological polar surface area (TPSA) is 40.9 Å². The fraction of sp³-hybridized carbons (Fsp3) is 0.714. The Labute approximate surface area is 85.4 Å². The molecule has 0 radical (unpaired) electrons. The van der Waals surface area contributed by atoms with E-state index in [2.05, 4.69) is 0 Å². The molecule has 2 nitrogen and oxygen atoms in total. The third-order valence-electron chi connectivity index (χ3n) is 1.94. The van der Waals surface area contributed by atoms with Crippen LogP contribution in [-0.4, -0.2) is 15.0 Å². The minimum Gasteiger partial charge on any atom is -0.296 e. The smallest absolute Gasteiger partial charge is 0.221 e. The van der Waals surface area contributed by atoms with E-state index in [4.69, 9.17) is 40.1 Å². The van der Waals surface area contributed by atoms with Gasteiger partial charge in [0.2, 0.25) is 4.87 Å². The molecule has 1 atom stereocenters.